The Morgan fingerprint density at radius 1 is 1.17 bits per heavy atom. The van der Waals surface area contributed by atoms with Gasteiger partial charge < -0.3 is 4.74 Å². The van der Waals surface area contributed by atoms with E-state index in [-0.39, 0.29) is 21.4 Å². The summed E-state index contributed by atoms with van der Waals surface area (Å²) in [6.07, 6.45) is -2.62. The van der Waals surface area contributed by atoms with Gasteiger partial charge in [-0.2, -0.15) is 0 Å². The summed E-state index contributed by atoms with van der Waals surface area (Å²) in [7, 11) is -3.75. The smallest absolute Gasteiger partial charge is 0.272 e. The van der Waals surface area contributed by atoms with Gasteiger partial charge in [-0.3, -0.25) is 4.72 Å². The van der Waals surface area contributed by atoms with E-state index in [1.54, 1.807) is 12.1 Å². The van der Waals surface area contributed by atoms with Crippen LogP contribution in [-0.4, -0.2) is 21.5 Å². The second-order valence-electron chi connectivity index (χ2n) is 4.77. The summed E-state index contributed by atoms with van der Waals surface area (Å²) in [6.45, 7) is 1.07. The maximum Gasteiger partial charge on any atom is 0.272 e. The second-order valence-corrected chi connectivity index (χ2v) is 6.86. The number of benzene rings is 2. The highest BCUT2D eigenvalue weighted by Crippen LogP contribution is 2.29. The van der Waals surface area contributed by atoms with Crippen LogP contribution in [0.2, 0.25) is 5.02 Å². The summed E-state index contributed by atoms with van der Waals surface area (Å²) in [5.74, 6) is 0.0604. The molecule has 2 aromatic carbocycles. The van der Waals surface area contributed by atoms with Crippen molar-refractivity contribution in [3.05, 3.63) is 53.1 Å². The molecule has 0 fully saturated rings. The number of hydrogen-bond acceptors (Lipinski definition) is 3. The Kier molecular flexibility index (Phi) is 5.43. The maximum atomic E-state index is 12.2. The first-order valence-corrected chi connectivity index (χ1v) is 8.44. The minimum Gasteiger partial charge on any atom is -0.486 e. The van der Waals surface area contributed by atoms with Crippen LogP contribution in [0, 0.1) is 6.92 Å². The van der Waals surface area contributed by atoms with Crippen LogP contribution in [0.5, 0.6) is 5.75 Å². The molecule has 0 unspecified atom stereocenters. The van der Waals surface area contributed by atoms with Gasteiger partial charge in [0, 0.05) is 0 Å². The fourth-order valence-corrected chi connectivity index (χ4v) is 3.05. The molecule has 0 atom stereocenters. The Balaban J connectivity index is 2.16. The lowest BCUT2D eigenvalue weighted by Crippen LogP contribution is -2.13. The number of anilines is 1. The average molecular weight is 362 g/mol. The topological polar surface area (TPSA) is 55.4 Å². The summed E-state index contributed by atoms with van der Waals surface area (Å²) in [4.78, 5) is 0.109. The fourth-order valence-electron chi connectivity index (χ4n) is 1.77. The van der Waals surface area contributed by atoms with Crippen molar-refractivity contribution in [2.75, 3.05) is 11.3 Å². The molecular weight excluding hydrogens is 348 g/mol. The van der Waals surface area contributed by atoms with E-state index in [1.165, 1.54) is 30.3 Å². The molecule has 0 aliphatic carbocycles. The van der Waals surface area contributed by atoms with Crippen molar-refractivity contribution in [2.24, 2.45) is 0 Å². The normalized spacial score (nSPS) is 11.5. The van der Waals surface area contributed by atoms with Crippen molar-refractivity contribution in [3.63, 3.8) is 0 Å². The highest BCUT2D eigenvalue weighted by atomic mass is 35.5. The van der Waals surface area contributed by atoms with E-state index < -0.39 is 23.1 Å². The third-order valence-corrected chi connectivity index (χ3v) is 4.57. The standard InChI is InChI=1S/C15H14ClF2NO3S/c1-10-2-5-12(6-3-10)23(20,21)19-11-4-7-14(13(16)8-11)22-9-15(17)18/h2-8,15,19H,9H2,1H3. The lowest BCUT2D eigenvalue weighted by molar-refractivity contribution is 0.0820. The highest BCUT2D eigenvalue weighted by molar-refractivity contribution is 7.92. The molecule has 2 aromatic rings. The Bertz CT molecular complexity index is 780. The molecule has 0 aliphatic heterocycles. The molecule has 1 N–H and O–H groups in total. The van der Waals surface area contributed by atoms with Crippen LogP contribution in [-0.2, 0) is 10.0 Å². The number of hydrogen-bond donors (Lipinski definition) is 1. The second kappa shape index (κ2) is 7.14. The van der Waals surface area contributed by atoms with E-state index in [1.807, 2.05) is 6.92 Å². The quantitative estimate of drug-likeness (QED) is 0.843. The van der Waals surface area contributed by atoms with E-state index in [9.17, 15) is 17.2 Å². The summed E-state index contributed by atoms with van der Waals surface area (Å²) in [6, 6.07) is 10.4. The summed E-state index contributed by atoms with van der Waals surface area (Å²) in [5, 5.41) is 0.0368. The van der Waals surface area contributed by atoms with Gasteiger partial charge in [0.15, 0.2) is 0 Å². The molecule has 0 radical (unpaired) electrons. The van der Waals surface area contributed by atoms with Crippen LogP contribution in [0.1, 0.15) is 5.56 Å². The lowest BCUT2D eigenvalue weighted by Gasteiger charge is -2.11. The average Bonchev–Trinajstić information content (AvgIpc) is 2.46. The third kappa shape index (κ3) is 4.80. The number of rotatable bonds is 6. The van der Waals surface area contributed by atoms with Gasteiger partial charge in [0.2, 0.25) is 0 Å². The van der Waals surface area contributed by atoms with E-state index in [0.29, 0.717) is 0 Å². The van der Waals surface area contributed by atoms with Crippen molar-refractivity contribution >= 4 is 27.3 Å². The number of halogens is 3. The maximum absolute atomic E-state index is 12.2. The molecule has 0 saturated heterocycles. The molecule has 0 spiro atoms. The van der Waals surface area contributed by atoms with Gasteiger partial charge in [-0.1, -0.05) is 29.3 Å². The Morgan fingerprint density at radius 2 is 1.83 bits per heavy atom. The van der Waals surface area contributed by atoms with Gasteiger partial charge in [0.25, 0.3) is 16.4 Å². The van der Waals surface area contributed by atoms with Gasteiger partial charge in [-0.15, -0.1) is 0 Å². The number of ether oxygens (including phenoxy) is 1. The van der Waals surface area contributed by atoms with E-state index in [0.717, 1.165) is 5.56 Å². The van der Waals surface area contributed by atoms with Gasteiger partial charge in [-0.25, -0.2) is 17.2 Å². The van der Waals surface area contributed by atoms with Gasteiger partial charge >= 0.3 is 0 Å². The van der Waals surface area contributed by atoms with Crippen LogP contribution >= 0.6 is 11.6 Å². The van der Waals surface area contributed by atoms with E-state index >= 15 is 0 Å². The summed E-state index contributed by atoms with van der Waals surface area (Å²) >= 11 is 5.90. The molecule has 2 rings (SSSR count). The van der Waals surface area contributed by atoms with Crippen LogP contribution in [0.4, 0.5) is 14.5 Å². The molecule has 0 amide bonds. The first-order valence-electron chi connectivity index (χ1n) is 6.58. The number of sulfonamides is 1. The van der Waals surface area contributed by atoms with Crippen molar-refractivity contribution in [1.82, 2.24) is 0 Å². The minimum absolute atomic E-state index is 0.0368. The molecule has 0 heterocycles. The van der Waals surface area contributed by atoms with Crippen molar-refractivity contribution in [3.8, 4) is 5.75 Å². The molecule has 0 saturated carbocycles. The van der Waals surface area contributed by atoms with Crippen LogP contribution < -0.4 is 9.46 Å². The van der Waals surface area contributed by atoms with Crippen molar-refractivity contribution < 1.29 is 21.9 Å². The van der Waals surface area contributed by atoms with Gasteiger partial charge in [0.05, 0.1) is 15.6 Å². The third-order valence-electron chi connectivity index (χ3n) is 2.88. The first kappa shape index (κ1) is 17.5. The van der Waals surface area contributed by atoms with Gasteiger partial charge in [0.1, 0.15) is 12.4 Å². The Hall–Kier alpha value is -1.86. The molecule has 0 aromatic heterocycles. The van der Waals surface area contributed by atoms with E-state index in [2.05, 4.69) is 4.72 Å². The van der Waals surface area contributed by atoms with E-state index in [4.69, 9.17) is 16.3 Å². The predicted molar refractivity (Wildman–Crippen MR) is 84.9 cm³/mol. The van der Waals surface area contributed by atoms with Crippen LogP contribution in [0.25, 0.3) is 0 Å². The monoisotopic (exact) mass is 361 g/mol. The molecule has 4 nitrogen and oxygen atoms in total. The molecule has 0 aliphatic rings. The highest BCUT2D eigenvalue weighted by Gasteiger charge is 2.15. The number of alkyl halides is 2. The zero-order chi connectivity index (χ0) is 17.0. The molecule has 0 bridgehead atoms. The fraction of sp³-hybridized carbons (Fsp3) is 0.200. The summed E-state index contributed by atoms with van der Waals surface area (Å²) in [5.41, 5.74) is 1.15. The molecule has 124 valence electrons. The predicted octanol–water partition coefficient (Wildman–Crippen LogP) is 4.09. The lowest BCUT2D eigenvalue weighted by atomic mass is 10.2. The van der Waals surface area contributed by atoms with Crippen molar-refractivity contribution in [1.29, 1.82) is 0 Å². The molecule has 23 heavy (non-hydrogen) atoms. The van der Waals surface area contributed by atoms with Crippen LogP contribution in [0.15, 0.2) is 47.4 Å². The van der Waals surface area contributed by atoms with Crippen molar-refractivity contribution in [2.45, 2.75) is 18.2 Å². The minimum atomic E-state index is -3.75. The number of aryl methyl sites for hydroxylation is 1. The Labute approximate surface area is 138 Å². The molecular formula is C15H14ClF2NO3S. The SMILES string of the molecule is Cc1ccc(S(=O)(=O)Nc2ccc(OCC(F)F)c(Cl)c2)cc1. The molecule has 8 heteroatoms. The largest absolute Gasteiger partial charge is 0.486 e. The number of nitrogens with one attached hydrogen (secondary N) is 1. The van der Waals surface area contributed by atoms with Crippen LogP contribution in [0.3, 0.4) is 0 Å². The van der Waals surface area contributed by atoms with Gasteiger partial charge in [-0.05, 0) is 37.3 Å². The Morgan fingerprint density at radius 3 is 2.39 bits per heavy atom. The zero-order valence-corrected chi connectivity index (χ0v) is 13.7. The first-order chi connectivity index (χ1) is 10.8. The summed E-state index contributed by atoms with van der Waals surface area (Å²) < 4.78 is 55.9. The zero-order valence-electron chi connectivity index (χ0n) is 12.1.